The van der Waals surface area contributed by atoms with Crippen LogP contribution in [-0.2, 0) is 0 Å². The zero-order valence-electron chi connectivity index (χ0n) is 15.9. The number of benzene rings is 1. The van der Waals surface area contributed by atoms with Gasteiger partial charge in [-0.1, -0.05) is 12.1 Å². The van der Waals surface area contributed by atoms with Gasteiger partial charge in [-0.2, -0.15) is 0 Å². The highest BCUT2D eigenvalue weighted by Crippen LogP contribution is 2.31. The van der Waals surface area contributed by atoms with Crippen LogP contribution >= 0.6 is 22.7 Å². The Bertz CT molecular complexity index is 967. The van der Waals surface area contributed by atoms with E-state index in [0.717, 1.165) is 36.1 Å². The van der Waals surface area contributed by atoms with Gasteiger partial charge in [0.25, 0.3) is 5.91 Å². The van der Waals surface area contributed by atoms with Crippen molar-refractivity contribution in [1.82, 2.24) is 9.88 Å². The zero-order chi connectivity index (χ0) is 19.0. The molecule has 1 aliphatic heterocycles. The molecule has 1 fully saturated rings. The minimum absolute atomic E-state index is 0.0476. The lowest BCUT2D eigenvalue weighted by Crippen LogP contribution is -2.49. The Labute approximate surface area is 168 Å². The molecule has 2 aromatic heterocycles. The fourth-order valence-electron chi connectivity index (χ4n) is 3.43. The molecule has 6 heteroatoms. The average molecular weight is 398 g/mol. The van der Waals surface area contributed by atoms with E-state index in [-0.39, 0.29) is 5.91 Å². The maximum Gasteiger partial charge on any atom is 0.273 e. The van der Waals surface area contributed by atoms with E-state index < -0.39 is 0 Å². The van der Waals surface area contributed by atoms with Crippen LogP contribution in [0.4, 0.5) is 5.69 Å². The van der Waals surface area contributed by atoms with E-state index >= 15 is 0 Å². The third kappa shape index (κ3) is 3.64. The number of piperazine rings is 1. The lowest BCUT2D eigenvalue weighted by Gasteiger charge is -2.36. The van der Waals surface area contributed by atoms with Crippen molar-refractivity contribution in [2.24, 2.45) is 0 Å². The van der Waals surface area contributed by atoms with Crippen LogP contribution in [0, 0.1) is 20.8 Å². The normalized spacial score (nSPS) is 14.6. The number of nitrogens with zero attached hydrogens (tertiary/aromatic N) is 3. The van der Waals surface area contributed by atoms with Crippen molar-refractivity contribution in [3.8, 4) is 9.88 Å². The van der Waals surface area contributed by atoms with Gasteiger partial charge < -0.3 is 9.80 Å². The molecule has 0 bridgehead atoms. The number of anilines is 1. The molecule has 0 spiro atoms. The minimum atomic E-state index is 0.0476. The molecule has 0 N–H and O–H groups in total. The summed E-state index contributed by atoms with van der Waals surface area (Å²) in [5, 5.41) is 2.83. The Kier molecular flexibility index (Phi) is 5.02. The van der Waals surface area contributed by atoms with Crippen molar-refractivity contribution in [3.63, 3.8) is 0 Å². The van der Waals surface area contributed by atoms with Crippen LogP contribution in [0.3, 0.4) is 0 Å². The molecule has 27 heavy (non-hydrogen) atoms. The summed E-state index contributed by atoms with van der Waals surface area (Å²) < 4.78 is 0. The predicted octanol–water partition coefficient (Wildman–Crippen LogP) is 4.76. The third-order valence-electron chi connectivity index (χ3n) is 5.16. The van der Waals surface area contributed by atoms with E-state index in [0.29, 0.717) is 5.69 Å². The first-order valence-corrected chi connectivity index (χ1v) is 10.9. The first kappa shape index (κ1) is 18.2. The Balaban J connectivity index is 1.43. The molecule has 1 aromatic carbocycles. The van der Waals surface area contributed by atoms with Gasteiger partial charge in [-0.05, 0) is 50.1 Å². The number of thiophene rings is 1. The van der Waals surface area contributed by atoms with Crippen molar-refractivity contribution < 1.29 is 4.79 Å². The maximum absolute atomic E-state index is 12.9. The Morgan fingerprint density at radius 2 is 1.81 bits per heavy atom. The standard InChI is InChI=1S/C21H23N3OS2/c1-14-5-4-6-18(16(14)3)23-9-11-24(12-10-23)21(25)17-13-26-20(22-17)19-8-7-15(2)27-19/h4-8,13H,9-12H2,1-3H3. The summed E-state index contributed by atoms with van der Waals surface area (Å²) >= 11 is 3.27. The number of hydrogen-bond acceptors (Lipinski definition) is 5. The molecular formula is C21H23N3OS2. The van der Waals surface area contributed by atoms with E-state index in [4.69, 9.17) is 0 Å². The van der Waals surface area contributed by atoms with Crippen molar-refractivity contribution in [2.45, 2.75) is 20.8 Å². The SMILES string of the molecule is Cc1ccc(-c2nc(C(=O)N3CCN(c4cccc(C)c4C)CC3)cs2)s1. The lowest BCUT2D eigenvalue weighted by molar-refractivity contribution is 0.0742. The molecular weight excluding hydrogens is 374 g/mol. The Hall–Kier alpha value is -2.18. The molecule has 0 saturated carbocycles. The van der Waals surface area contributed by atoms with Gasteiger partial charge in [0.05, 0.1) is 4.88 Å². The second-order valence-corrected chi connectivity index (χ2v) is 9.09. The molecule has 0 atom stereocenters. The molecule has 0 radical (unpaired) electrons. The van der Waals surface area contributed by atoms with Crippen LogP contribution < -0.4 is 4.90 Å². The highest BCUT2D eigenvalue weighted by molar-refractivity contribution is 7.21. The van der Waals surface area contributed by atoms with E-state index in [1.807, 2.05) is 10.3 Å². The first-order valence-electron chi connectivity index (χ1n) is 9.15. The lowest BCUT2D eigenvalue weighted by atomic mass is 10.1. The monoisotopic (exact) mass is 397 g/mol. The summed E-state index contributed by atoms with van der Waals surface area (Å²) in [5.41, 5.74) is 4.49. The second-order valence-electron chi connectivity index (χ2n) is 6.95. The molecule has 1 saturated heterocycles. The Morgan fingerprint density at radius 1 is 1.04 bits per heavy atom. The first-order chi connectivity index (χ1) is 13.0. The molecule has 0 unspecified atom stereocenters. The zero-order valence-corrected chi connectivity index (χ0v) is 17.5. The fraction of sp³-hybridized carbons (Fsp3) is 0.333. The van der Waals surface area contributed by atoms with Gasteiger partial charge in [-0.3, -0.25) is 4.79 Å². The summed E-state index contributed by atoms with van der Waals surface area (Å²) in [4.78, 5) is 24.2. The molecule has 1 amide bonds. The van der Waals surface area contributed by atoms with E-state index in [1.54, 1.807) is 22.7 Å². The average Bonchev–Trinajstić information content (AvgIpc) is 3.33. The Morgan fingerprint density at radius 3 is 2.52 bits per heavy atom. The molecule has 3 heterocycles. The summed E-state index contributed by atoms with van der Waals surface area (Å²) in [6.07, 6.45) is 0. The molecule has 1 aliphatic rings. The van der Waals surface area contributed by atoms with Crippen molar-refractivity contribution >= 4 is 34.3 Å². The summed E-state index contributed by atoms with van der Waals surface area (Å²) in [6, 6.07) is 10.6. The molecule has 0 aliphatic carbocycles. The number of carbonyl (C=O) groups is 1. The molecule has 3 aromatic rings. The molecule has 4 rings (SSSR count). The van der Waals surface area contributed by atoms with Crippen LogP contribution in [0.5, 0.6) is 0 Å². The van der Waals surface area contributed by atoms with Gasteiger partial charge >= 0.3 is 0 Å². The van der Waals surface area contributed by atoms with Gasteiger partial charge in [0.1, 0.15) is 10.7 Å². The number of amides is 1. The van der Waals surface area contributed by atoms with Gasteiger partial charge in [0.15, 0.2) is 0 Å². The third-order valence-corrected chi connectivity index (χ3v) is 7.17. The highest BCUT2D eigenvalue weighted by atomic mass is 32.1. The molecule has 140 valence electrons. The van der Waals surface area contributed by atoms with Crippen molar-refractivity contribution in [2.75, 3.05) is 31.1 Å². The van der Waals surface area contributed by atoms with Crippen molar-refractivity contribution in [3.05, 3.63) is 57.4 Å². The number of aryl methyl sites for hydroxylation is 2. The van der Waals surface area contributed by atoms with E-state index in [2.05, 4.69) is 61.0 Å². The highest BCUT2D eigenvalue weighted by Gasteiger charge is 2.25. The van der Waals surface area contributed by atoms with Crippen LogP contribution in [0.2, 0.25) is 0 Å². The van der Waals surface area contributed by atoms with Gasteiger partial charge in [-0.15, -0.1) is 22.7 Å². The van der Waals surface area contributed by atoms with Crippen LogP contribution in [0.15, 0.2) is 35.7 Å². The minimum Gasteiger partial charge on any atom is -0.368 e. The van der Waals surface area contributed by atoms with Gasteiger partial charge in [0, 0.05) is 42.1 Å². The fourth-order valence-corrected chi connectivity index (χ4v) is 5.16. The largest absolute Gasteiger partial charge is 0.368 e. The predicted molar refractivity (Wildman–Crippen MR) is 114 cm³/mol. The summed E-state index contributed by atoms with van der Waals surface area (Å²) in [5.74, 6) is 0.0476. The smallest absolute Gasteiger partial charge is 0.273 e. The second kappa shape index (κ2) is 7.44. The molecule has 4 nitrogen and oxygen atoms in total. The number of hydrogen-bond donors (Lipinski definition) is 0. The van der Waals surface area contributed by atoms with Crippen LogP contribution in [0.1, 0.15) is 26.5 Å². The number of carbonyl (C=O) groups excluding carboxylic acids is 1. The van der Waals surface area contributed by atoms with Gasteiger partial charge in [-0.25, -0.2) is 4.98 Å². The van der Waals surface area contributed by atoms with E-state index in [9.17, 15) is 4.79 Å². The van der Waals surface area contributed by atoms with Crippen LogP contribution in [0.25, 0.3) is 9.88 Å². The summed E-state index contributed by atoms with van der Waals surface area (Å²) in [7, 11) is 0. The maximum atomic E-state index is 12.9. The quantitative estimate of drug-likeness (QED) is 0.639. The van der Waals surface area contributed by atoms with Crippen molar-refractivity contribution in [1.29, 1.82) is 0 Å². The van der Waals surface area contributed by atoms with Gasteiger partial charge in [0.2, 0.25) is 0 Å². The topological polar surface area (TPSA) is 36.4 Å². The number of thiazole rings is 1. The van der Waals surface area contributed by atoms with Crippen LogP contribution in [-0.4, -0.2) is 42.0 Å². The number of rotatable bonds is 3. The summed E-state index contributed by atoms with van der Waals surface area (Å²) in [6.45, 7) is 9.59. The van der Waals surface area contributed by atoms with E-state index in [1.165, 1.54) is 21.7 Å². The number of aromatic nitrogens is 1.